The molecule has 0 saturated carbocycles. The number of halogens is 1. The third-order valence-corrected chi connectivity index (χ3v) is 3.37. The van der Waals surface area contributed by atoms with Crippen molar-refractivity contribution in [2.45, 2.75) is 53.2 Å². The van der Waals surface area contributed by atoms with Gasteiger partial charge in [-0.25, -0.2) is 10.1 Å². The Morgan fingerprint density at radius 1 is 1.05 bits per heavy atom. The van der Waals surface area contributed by atoms with E-state index in [1.807, 2.05) is 29.3 Å². The Bertz CT molecular complexity index is 487. The fraction of sp³-hybridized carbons (Fsp3) is 0.562. The van der Waals surface area contributed by atoms with Gasteiger partial charge in [0.25, 0.3) is 0 Å². The smallest absolute Gasteiger partial charge is 0.162 e. The molecule has 4 heteroatoms. The lowest BCUT2D eigenvalue weighted by molar-refractivity contribution is -0.255. The topological polar surface area (TPSA) is 24.8 Å². The number of hydrogen-bond acceptors (Lipinski definition) is 2. The molecule has 1 aliphatic rings. The average molecular weight is 295 g/mol. The number of nitrogens with zero attached hydrogens (tertiary/aromatic N) is 2. The molecule has 2 rings (SSSR count). The van der Waals surface area contributed by atoms with Crippen molar-refractivity contribution >= 4 is 23.1 Å². The van der Waals surface area contributed by atoms with Crippen LogP contribution in [0.2, 0.25) is 5.02 Å². The van der Waals surface area contributed by atoms with Gasteiger partial charge in [0, 0.05) is 5.02 Å². The van der Waals surface area contributed by atoms with E-state index in [1.165, 1.54) is 0 Å². The average Bonchev–Trinajstić information content (AvgIpc) is 2.22. The SMILES string of the molecule is CC(C)(C)C1ON(C(C)(C)C)C1=Nc1ccc(Cl)cc1. The minimum atomic E-state index is -0.104. The lowest BCUT2D eigenvalue weighted by Crippen LogP contribution is -2.65. The van der Waals surface area contributed by atoms with E-state index in [2.05, 4.69) is 41.5 Å². The first-order valence-electron chi connectivity index (χ1n) is 6.90. The predicted molar refractivity (Wildman–Crippen MR) is 84.5 cm³/mol. The van der Waals surface area contributed by atoms with Crippen LogP contribution >= 0.6 is 11.6 Å². The quantitative estimate of drug-likeness (QED) is 0.741. The molecule has 20 heavy (non-hydrogen) atoms. The van der Waals surface area contributed by atoms with E-state index < -0.39 is 0 Å². The van der Waals surface area contributed by atoms with Gasteiger partial charge < -0.3 is 0 Å². The van der Waals surface area contributed by atoms with Gasteiger partial charge in [-0.05, 0) is 50.5 Å². The van der Waals surface area contributed by atoms with Crippen molar-refractivity contribution < 1.29 is 4.84 Å². The van der Waals surface area contributed by atoms with Crippen LogP contribution in [0.15, 0.2) is 29.3 Å². The summed E-state index contributed by atoms with van der Waals surface area (Å²) < 4.78 is 0. The largest absolute Gasteiger partial charge is 0.260 e. The fourth-order valence-corrected chi connectivity index (χ4v) is 2.19. The zero-order valence-corrected chi connectivity index (χ0v) is 13.8. The summed E-state index contributed by atoms with van der Waals surface area (Å²) in [6, 6.07) is 7.56. The van der Waals surface area contributed by atoms with Crippen LogP contribution in [-0.2, 0) is 4.84 Å². The van der Waals surface area contributed by atoms with Gasteiger partial charge in [-0.3, -0.25) is 4.84 Å². The number of benzene rings is 1. The van der Waals surface area contributed by atoms with Gasteiger partial charge in [0.05, 0.1) is 11.2 Å². The zero-order chi connectivity index (χ0) is 15.1. The Morgan fingerprint density at radius 3 is 2.05 bits per heavy atom. The summed E-state index contributed by atoms with van der Waals surface area (Å²) in [6.45, 7) is 12.8. The van der Waals surface area contributed by atoms with E-state index in [1.54, 1.807) is 0 Å². The summed E-state index contributed by atoms with van der Waals surface area (Å²) in [4.78, 5) is 10.7. The number of rotatable bonds is 1. The maximum absolute atomic E-state index is 5.95. The summed E-state index contributed by atoms with van der Waals surface area (Å²) in [5, 5.41) is 2.62. The van der Waals surface area contributed by atoms with Gasteiger partial charge in [-0.2, -0.15) is 0 Å². The predicted octanol–water partition coefficient (Wildman–Crippen LogP) is 4.83. The van der Waals surface area contributed by atoms with E-state index in [0.717, 1.165) is 16.5 Å². The number of hydrogen-bond donors (Lipinski definition) is 0. The van der Waals surface area contributed by atoms with Crippen LogP contribution in [0.5, 0.6) is 0 Å². The van der Waals surface area contributed by atoms with E-state index in [4.69, 9.17) is 21.4 Å². The molecule has 1 fully saturated rings. The first-order chi connectivity index (χ1) is 9.09. The van der Waals surface area contributed by atoms with E-state index in [-0.39, 0.29) is 17.1 Å². The van der Waals surface area contributed by atoms with Gasteiger partial charge in [-0.15, -0.1) is 0 Å². The highest BCUT2D eigenvalue weighted by Crippen LogP contribution is 2.37. The molecule has 1 aromatic carbocycles. The van der Waals surface area contributed by atoms with Crippen LogP contribution in [-0.4, -0.2) is 22.5 Å². The lowest BCUT2D eigenvalue weighted by Gasteiger charge is -2.52. The van der Waals surface area contributed by atoms with Gasteiger partial charge >= 0.3 is 0 Å². The van der Waals surface area contributed by atoms with Crippen LogP contribution in [0.1, 0.15) is 41.5 Å². The summed E-state index contributed by atoms with van der Waals surface area (Å²) in [7, 11) is 0. The maximum atomic E-state index is 5.95. The summed E-state index contributed by atoms with van der Waals surface area (Å²) in [6.07, 6.45) is 0.0115. The molecule has 0 radical (unpaired) electrons. The Balaban J connectivity index is 2.33. The fourth-order valence-electron chi connectivity index (χ4n) is 2.06. The molecule has 0 aromatic heterocycles. The lowest BCUT2D eigenvalue weighted by atomic mass is 9.85. The van der Waals surface area contributed by atoms with E-state index >= 15 is 0 Å². The second-order valence-corrected chi connectivity index (χ2v) is 7.70. The van der Waals surface area contributed by atoms with Crippen molar-refractivity contribution in [3.8, 4) is 0 Å². The second-order valence-electron chi connectivity index (χ2n) is 7.26. The highest BCUT2D eigenvalue weighted by atomic mass is 35.5. The molecular weight excluding hydrogens is 272 g/mol. The number of aliphatic imine (C=N–C) groups is 1. The normalized spacial score (nSPS) is 22.1. The van der Waals surface area contributed by atoms with E-state index in [0.29, 0.717) is 0 Å². The van der Waals surface area contributed by atoms with Crippen LogP contribution in [0.25, 0.3) is 0 Å². The summed E-state index contributed by atoms with van der Waals surface area (Å²) in [5.74, 6) is 0.979. The minimum Gasteiger partial charge on any atom is -0.260 e. The van der Waals surface area contributed by atoms with Crippen molar-refractivity contribution in [2.24, 2.45) is 10.4 Å². The number of hydroxylamine groups is 2. The number of amidine groups is 1. The minimum absolute atomic E-state index is 0.0115. The molecule has 1 saturated heterocycles. The Kier molecular flexibility index (Phi) is 3.87. The molecule has 1 aromatic rings. The molecule has 1 aliphatic heterocycles. The molecular formula is C16H23ClN2O. The molecule has 0 N–H and O–H groups in total. The molecule has 0 spiro atoms. The Morgan fingerprint density at radius 2 is 1.60 bits per heavy atom. The first kappa shape index (κ1) is 15.3. The summed E-state index contributed by atoms with van der Waals surface area (Å²) in [5.41, 5.74) is 0.816. The van der Waals surface area contributed by atoms with Crippen molar-refractivity contribution in [1.29, 1.82) is 0 Å². The van der Waals surface area contributed by atoms with Crippen molar-refractivity contribution in [3.63, 3.8) is 0 Å². The molecule has 0 bridgehead atoms. The van der Waals surface area contributed by atoms with Crippen LogP contribution in [0.3, 0.4) is 0 Å². The Hall–Kier alpha value is -1.06. The molecule has 110 valence electrons. The van der Waals surface area contributed by atoms with Crippen LogP contribution in [0.4, 0.5) is 5.69 Å². The molecule has 3 nitrogen and oxygen atoms in total. The Labute approximate surface area is 126 Å². The molecule has 0 amide bonds. The van der Waals surface area contributed by atoms with Gasteiger partial charge in [0.15, 0.2) is 5.84 Å². The standard InChI is InChI=1S/C16H23ClN2O/c1-15(2,3)13-14(19(20-13)16(4,5)6)18-12-9-7-11(17)8-10-12/h7-10,13H,1-6H3. The van der Waals surface area contributed by atoms with E-state index in [9.17, 15) is 0 Å². The molecule has 1 unspecified atom stereocenters. The second kappa shape index (κ2) is 5.05. The van der Waals surface area contributed by atoms with Crippen LogP contribution in [0, 0.1) is 5.41 Å². The van der Waals surface area contributed by atoms with Crippen molar-refractivity contribution in [1.82, 2.24) is 5.06 Å². The van der Waals surface area contributed by atoms with Crippen molar-refractivity contribution in [2.75, 3.05) is 0 Å². The molecule has 1 heterocycles. The van der Waals surface area contributed by atoms with Crippen molar-refractivity contribution in [3.05, 3.63) is 29.3 Å². The zero-order valence-electron chi connectivity index (χ0n) is 13.1. The molecule has 0 aliphatic carbocycles. The van der Waals surface area contributed by atoms with Gasteiger partial charge in [0.2, 0.25) is 0 Å². The monoisotopic (exact) mass is 294 g/mol. The third-order valence-electron chi connectivity index (χ3n) is 3.12. The first-order valence-corrected chi connectivity index (χ1v) is 7.28. The molecule has 1 atom stereocenters. The van der Waals surface area contributed by atoms with Gasteiger partial charge in [-0.1, -0.05) is 32.4 Å². The van der Waals surface area contributed by atoms with Crippen LogP contribution < -0.4 is 0 Å². The van der Waals surface area contributed by atoms with Gasteiger partial charge in [0.1, 0.15) is 6.10 Å². The third kappa shape index (κ3) is 3.15. The maximum Gasteiger partial charge on any atom is 0.162 e. The highest BCUT2D eigenvalue weighted by molar-refractivity contribution is 6.30. The highest BCUT2D eigenvalue weighted by Gasteiger charge is 2.48. The summed E-state index contributed by atoms with van der Waals surface area (Å²) >= 11 is 5.92.